The maximum absolute atomic E-state index is 12.0. The second-order valence-electron chi connectivity index (χ2n) is 4.38. The van der Waals surface area contributed by atoms with E-state index in [0.717, 1.165) is 0 Å². The first-order chi connectivity index (χ1) is 9.38. The van der Waals surface area contributed by atoms with Gasteiger partial charge in [0.1, 0.15) is 11.6 Å². The standard InChI is InChI=1S/C13H16N2O5/c1-3-5-10(13(17)18)14-12(16)9-7-4-6-8(2)11(9)15(19)20/h4,6-7,10H,3,5H2,1-2H3,(H,14,16)(H,17,18). The van der Waals surface area contributed by atoms with Gasteiger partial charge in [-0.1, -0.05) is 25.5 Å². The first-order valence-electron chi connectivity index (χ1n) is 6.16. The molecular weight excluding hydrogens is 264 g/mol. The summed E-state index contributed by atoms with van der Waals surface area (Å²) in [5.41, 5.74) is -0.0759. The lowest BCUT2D eigenvalue weighted by Crippen LogP contribution is -2.40. The number of carboxylic acid groups (broad SMARTS) is 1. The molecule has 7 nitrogen and oxygen atoms in total. The molecule has 0 aliphatic heterocycles. The molecule has 0 fully saturated rings. The molecule has 0 heterocycles. The predicted molar refractivity (Wildman–Crippen MR) is 71.6 cm³/mol. The number of carbonyl (C=O) groups is 2. The Hall–Kier alpha value is -2.44. The number of rotatable bonds is 6. The van der Waals surface area contributed by atoms with E-state index in [-0.39, 0.29) is 17.7 Å². The van der Waals surface area contributed by atoms with Crippen LogP contribution in [0.4, 0.5) is 5.69 Å². The van der Waals surface area contributed by atoms with Crippen LogP contribution in [0.15, 0.2) is 18.2 Å². The van der Waals surface area contributed by atoms with Gasteiger partial charge in [0.25, 0.3) is 11.6 Å². The molecule has 1 aromatic carbocycles. The fourth-order valence-corrected chi connectivity index (χ4v) is 1.87. The van der Waals surface area contributed by atoms with Crippen LogP contribution < -0.4 is 5.32 Å². The third-order valence-corrected chi connectivity index (χ3v) is 2.85. The highest BCUT2D eigenvalue weighted by Gasteiger charge is 2.26. The van der Waals surface area contributed by atoms with Gasteiger partial charge in [0.15, 0.2) is 0 Å². The number of hydrogen-bond acceptors (Lipinski definition) is 4. The summed E-state index contributed by atoms with van der Waals surface area (Å²) in [5.74, 6) is -1.91. The Morgan fingerprint density at radius 1 is 1.45 bits per heavy atom. The Bertz CT molecular complexity index is 542. The van der Waals surface area contributed by atoms with Crippen molar-refractivity contribution in [2.75, 3.05) is 0 Å². The van der Waals surface area contributed by atoms with E-state index in [1.807, 2.05) is 0 Å². The van der Waals surface area contributed by atoms with Gasteiger partial charge in [-0.05, 0) is 19.4 Å². The Kier molecular flexibility index (Phi) is 5.19. The van der Waals surface area contributed by atoms with Crippen molar-refractivity contribution in [1.29, 1.82) is 0 Å². The highest BCUT2D eigenvalue weighted by atomic mass is 16.6. The van der Waals surface area contributed by atoms with Crippen LogP contribution in [0.5, 0.6) is 0 Å². The van der Waals surface area contributed by atoms with E-state index in [2.05, 4.69) is 5.32 Å². The molecule has 0 saturated heterocycles. The van der Waals surface area contributed by atoms with Gasteiger partial charge in [0.05, 0.1) is 4.92 Å². The number of nitro groups is 1. The third-order valence-electron chi connectivity index (χ3n) is 2.85. The molecular formula is C13H16N2O5. The molecule has 20 heavy (non-hydrogen) atoms. The number of para-hydroxylation sites is 1. The number of aryl methyl sites for hydroxylation is 1. The van der Waals surface area contributed by atoms with Crippen LogP contribution in [0.2, 0.25) is 0 Å². The van der Waals surface area contributed by atoms with Crippen molar-refractivity contribution in [3.8, 4) is 0 Å². The molecule has 0 radical (unpaired) electrons. The molecule has 108 valence electrons. The summed E-state index contributed by atoms with van der Waals surface area (Å²) in [7, 11) is 0. The summed E-state index contributed by atoms with van der Waals surface area (Å²) in [6.07, 6.45) is 0.841. The third kappa shape index (κ3) is 3.53. The first-order valence-corrected chi connectivity index (χ1v) is 6.16. The number of amides is 1. The lowest BCUT2D eigenvalue weighted by atomic mass is 10.1. The summed E-state index contributed by atoms with van der Waals surface area (Å²) in [6, 6.07) is 3.31. The van der Waals surface area contributed by atoms with Gasteiger partial charge in [0.2, 0.25) is 0 Å². The summed E-state index contributed by atoms with van der Waals surface area (Å²) in [5, 5.41) is 22.3. The zero-order valence-electron chi connectivity index (χ0n) is 11.3. The van der Waals surface area contributed by atoms with Gasteiger partial charge in [-0.3, -0.25) is 14.9 Å². The molecule has 0 aromatic heterocycles. The average Bonchev–Trinajstić information content (AvgIpc) is 2.37. The zero-order chi connectivity index (χ0) is 15.3. The Labute approximate surface area is 115 Å². The van der Waals surface area contributed by atoms with Crippen LogP contribution in [-0.2, 0) is 4.79 Å². The van der Waals surface area contributed by atoms with Crippen molar-refractivity contribution in [1.82, 2.24) is 5.32 Å². The zero-order valence-corrected chi connectivity index (χ0v) is 11.3. The smallest absolute Gasteiger partial charge is 0.326 e. The van der Waals surface area contributed by atoms with Crippen molar-refractivity contribution in [3.05, 3.63) is 39.4 Å². The predicted octanol–water partition coefficient (Wildman–Crippen LogP) is 1.89. The highest BCUT2D eigenvalue weighted by Crippen LogP contribution is 2.23. The molecule has 1 aromatic rings. The van der Waals surface area contributed by atoms with Crippen LogP contribution in [0.3, 0.4) is 0 Å². The largest absolute Gasteiger partial charge is 0.480 e. The molecule has 0 saturated carbocycles. The summed E-state index contributed by atoms with van der Waals surface area (Å²) in [6.45, 7) is 3.31. The van der Waals surface area contributed by atoms with Gasteiger partial charge in [-0.2, -0.15) is 0 Å². The summed E-state index contributed by atoms with van der Waals surface area (Å²) in [4.78, 5) is 33.4. The number of nitrogens with one attached hydrogen (secondary N) is 1. The number of carbonyl (C=O) groups excluding carboxylic acids is 1. The number of benzene rings is 1. The van der Waals surface area contributed by atoms with E-state index >= 15 is 0 Å². The summed E-state index contributed by atoms with van der Waals surface area (Å²) < 4.78 is 0. The van der Waals surface area contributed by atoms with Gasteiger partial charge in [-0.15, -0.1) is 0 Å². The Morgan fingerprint density at radius 2 is 2.10 bits per heavy atom. The van der Waals surface area contributed by atoms with Crippen molar-refractivity contribution in [2.45, 2.75) is 32.7 Å². The topological polar surface area (TPSA) is 110 Å². The molecule has 7 heteroatoms. The monoisotopic (exact) mass is 280 g/mol. The van der Waals surface area contributed by atoms with Crippen LogP contribution >= 0.6 is 0 Å². The SMILES string of the molecule is CCCC(NC(=O)c1cccc(C)c1[N+](=O)[O-])C(=O)O. The number of nitrogens with zero attached hydrogens (tertiary/aromatic N) is 1. The molecule has 0 aliphatic carbocycles. The highest BCUT2D eigenvalue weighted by molar-refractivity contribution is 6.00. The molecule has 2 N–H and O–H groups in total. The second kappa shape index (κ2) is 6.65. The van der Waals surface area contributed by atoms with Crippen LogP contribution in [0.1, 0.15) is 35.7 Å². The van der Waals surface area contributed by atoms with Crippen LogP contribution in [0, 0.1) is 17.0 Å². The van der Waals surface area contributed by atoms with Gasteiger partial charge < -0.3 is 10.4 Å². The van der Waals surface area contributed by atoms with E-state index in [4.69, 9.17) is 5.11 Å². The maximum Gasteiger partial charge on any atom is 0.326 e. The molecule has 1 rings (SSSR count). The Morgan fingerprint density at radius 3 is 2.60 bits per heavy atom. The van der Waals surface area contributed by atoms with Crippen molar-refractivity contribution < 1.29 is 19.6 Å². The van der Waals surface area contributed by atoms with E-state index in [1.54, 1.807) is 6.92 Å². The van der Waals surface area contributed by atoms with Crippen LogP contribution in [-0.4, -0.2) is 27.9 Å². The molecule has 1 unspecified atom stereocenters. The number of nitro benzene ring substituents is 1. The normalized spacial score (nSPS) is 11.7. The molecule has 0 aliphatic rings. The first kappa shape index (κ1) is 15.6. The van der Waals surface area contributed by atoms with Crippen molar-refractivity contribution >= 4 is 17.6 Å². The fourth-order valence-electron chi connectivity index (χ4n) is 1.87. The van der Waals surface area contributed by atoms with E-state index in [1.165, 1.54) is 25.1 Å². The fraction of sp³-hybridized carbons (Fsp3) is 0.385. The van der Waals surface area contributed by atoms with Gasteiger partial charge >= 0.3 is 5.97 Å². The van der Waals surface area contributed by atoms with E-state index < -0.39 is 22.8 Å². The minimum absolute atomic E-state index is 0.127. The second-order valence-corrected chi connectivity index (χ2v) is 4.38. The maximum atomic E-state index is 12.0. The number of hydrogen-bond donors (Lipinski definition) is 2. The minimum atomic E-state index is -1.16. The molecule has 1 amide bonds. The quantitative estimate of drug-likeness (QED) is 0.610. The molecule has 1 atom stereocenters. The van der Waals surface area contributed by atoms with Gasteiger partial charge in [0, 0.05) is 5.56 Å². The van der Waals surface area contributed by atoms with Crippen molar-refractivity contribution in [2.24, 2.45) is 0 Å². The molecule has 0 bridgehead atoms. The van der Waals surface area contributed by atoms with Crippen molar-refractivity contribution in [3.63, 3.8) is 0 Å². The van der Waals surface area contributed by atoms with Gasteiger partial charge in [-0.25, -0.2) is 4.79 Å². The number of aliphatic carboxylic acids is 1. The van der Waals surface area contributed by atoms with Crippen LogP contribution in [0.25, 0.3) is 0 Å². The Balaban J connectivity index is 3.06. The minimum Gasteiger partial charge on any atom is -0.480 e. The summed E-state index contributed by atoms with van der Waals surface area (Å²) >= 11 is 0. The van der Waals surface area contributed by atoms with E-state index in [9.17, 15) is 19.7 Å². The lowest BCUT2D eigenvalue weighted by molar-refractivity contribution is -0.385. The number of carboxylic acids is 1. The molecule has 0 spiro atoms. The van der Waals surface area contributed by atoms with E-state index in [0.29, 0.717) is 12.0 Å². The average molecular weight is 280 g/mol. The lowest BCUT2D eigenvalue weighted by Gasteiger charge is -2.13.